The van der Waals surface area contributed by atoms with Gasteiger partial charge in [-0.1, -0.05) is 48.3 Å². The van der Waals surface area contributed by atoms with Crippen molar-refractivity contribution in [3.05, 3.63) is 58.1 Å². The smallest absolute Gasteiger partial charge is 0.334 e. The fourth-order valence-corrected chi connectivity index (χ4v) is 2.78. The molecule has 2 rings (SSSR count). The molecule has 122 valence electrons. The van der Waals surface area contributed by atoms with E-state index in [1.54, 1.807) is 49.4 Å². The number of halogens is 2. The number of carbonyl (C=O) groups is 1. The third kappa shape index (κ3) is 3.38. The highest BCUT2D eigenvalue weighted by Crippen LogP contribution is 2.37. The normalized spacial score (nSPS) is 13.2. The molecule has 4 nitrogen and oxygen atoms in total. The van der Waals surface area contributed by atoms with Crippen molar-refractivity contribution in [2.45, 2.75) is 18.9 Å². The summed E-state index contributed by atoms with van der Waals surface area (Å²) in [6, 6.07) is 12.0. The summed E-state index contributed by atoms with van der Waals surface area (Å²) < 4.78 is 5.33. The fraction of sp³-hybridized carbons (Fsp3) is 0.235. The standard InChI is InChI=1S/C17H17Cl2NO3/c1-3-17(16(21)22,12-6-4-5-7-15(12)23-2)20-11-8-9-13(18)14(19)10-11/h4-10,20H,3H2,1-2H3,(H,21,22). The molecule has 0 aliphatic rings. The van der Waals surface area contributed by atoms with Crippen molar-refractivity contribution in [1.82, 2.24) is 0 Å². The van der Waals surface area contributed by atoms with Gasteiger partial charge in [-0.25, -0.2) is 4.79 Å². The van der Waals surface area contributed by atoms with Crippen LogP contribution in [-0.2, 0) is 10.3 Å². The summed E-state index contributed by atoms with van der Waals surface area (Å²) in [5.41, 5.74) is -0.234. The van der Waals surface area contributed by atoms with Crippen LogP contribution in [-0.4, -0.2) is 18.2 Å². The van der Waals surface area contributed by atoms with Crippen LogP contribution < -0.4 is 10.1 Å². The van der Waals surface area contributed by atoms with Crippen LogP contribution in [0.4, 0.5) is 5.69 Å². The summed E-state index contributed by atoms with van der Waals surface area (Å²) in [4.78, 5) is 12.1. The molecule has 0 saturated heterocycles. The van der Waals surface area contributed by atoms with E-state index in [9.17, 15) is 9.90 Å². The number of anilines is 1. The Bertz CT molecular complexity index is 721. The van der Waals surface area contributed by atoms with E-state index in [-0.39, 0.29) is 0 Å². The molecule has 0 heterocycles. The Morgan fingerprint density at radius 3 is 2.48 bits per heavy atom. The van der Waals surface area contributed by atoms with Gasteiger partial charge in [-0.05, 0) is 30.7 Å². The molecule has 2 aromatic rings. The molecule has 0 aliphatic heterocycles. The highest BCUT2D eigenvalue weighted by atomic mass is 35.5. The zero-order valence-corrected chi connectivity index (χ0v) is 14.3. The zero-order valence-electron chi connectivity index (χ0n) is 12.8. The minimum Gasteiger partial charge on any atom is -0.496 e. The van der Waals surface area contributed by atoms with Gasteiger partial charge in [-0.15, -0.1) is 0 Å². The van der Waals surface area contributed by atoms with Crippen molar-refractivity contribution >= 4 is 34.9 Å². The van der Waals surface area contributed by atoms with Crippen LogP contribution >= 0.6 is 23.2 Å². The topological polar surface area (TPSA) is 58.6 Å². The first-order valence-corrected chi connectivity index (χ1v) is 7.80. The highest BCUT2D eigenvalue weighted by molar-refractivity contribution is 6.42. The molecule has 0 bridgehead atoms. The molecule has 0 fully saturated rings. The summed E-state index contributed by atoms with van der Waals surface area (Å²) >= 11 is 11.9. The van der Waals surface area contributed by atoms with Crippen molar-refractivity contribution < 1.29 is 14.6 Å². The van der Waals surface area contributed by atoms with Gasteiger partial charge in [0.25, 0.3) is 0 Å². The van der Waals surface area contributed by atoms with E-state index in [0.717, 1.165) is 0 Å². The lowest BCUT2D eigenvalue weighted by atomic mass is 9.86. The number of benzene rings is 2. The van der Waals surface area contributed by atoms with Crippen molar-refractivity contribution in [1.29, 1.82) is 0 Å². The monoisotopic (exact) mass is 353 g/mol. The lowest BCUT2D eigenvalue weighted by Crippen LogP contribution is -2.43. The van der Waals surface area contributed by atoms with Crippen LogP contribution in [0, 0.1) is 0 Å². The number of ether oxygens (including phenoxy) is 1. The van der Waals surface area contributed by atoms with E-state index in [0.29, 0.717) is 33.5 Å². The second-order valence-electron chi connectivity index (χ2n) is 5.02. The molecule has 2 aromatic carbocycles. The zero-order chi connectivity index (χ0) is 17.0. The molecule has 0 spiro atoms. The molecular formula is C17H17Cl2NO3. The summed E-state index contributed by atoms with van der Waals surface area (Å²) in [5.74, 6) is -0.500. The lowest BCUT2D eigenvalue weighted by Gasteiger charge is -2.32. The van der Waals surface area contributed by atoms with Gasteiger partial charge in [0.2, 0.25) is 0 Å². The largest absolute Gasteiger partial charge is 0.496 e. The Hall–Kier alpha value is -1.91. The number of carboxylic acids is 1. The number of para-hydroxylation sites is 1. The number of hydrogen-bond acceptors (Lipinski definition) is 3. The van der Waals surface area contributed by atoms with E-state index >= 15 is 0 Å². The van der Waals surface area contributed by atoms with Gasteiger partial charge in [0.05, 0.1) is 17.2 Å². The Morgan fingerprint density at radius 2 is 1.91 bits per heavy atom. The Labute approximate surface area is 145 Å². The molecule has 2 N–H and O–H groups in total. The maximum atomic E-state index is 12.1. The van der Waals surface area contributed by atoms with Crippen LogP contribution in [0.5, 0.6) is 5.75 Å². The maximum absolute atomic E-state index is 12.1. The van der Waals surface area contributed by atoms with Gasteiger partial charge in [0.15, 0.2) is 5.54 Å². The molecule has 0 aromatic heterocycles. The number of rotatable bonds is 6. The Balaban J connectivity index is 2.55. The first-order chi connectivity index (χ1) is 10.9. The number of methoxy groups -OCH3 is 1. The van der Waals surface area contributed by atoms with Crippen molar-refractivity contribution in [3.8, 4) is 5.75 Å². The van der Waals surface area contributed by atoms with Crippen LogP contribution in [0.25, 0.3) is 0 Å². The summed E-state index contributed by atoms with van der Waals surface area (Å²) in [5, 5.41) is 13.7. The Morgan fingerprint density at radius 1 is 1.22 bits per heavy atom. The van der Waals surface area contributed by atoms with Crippen molar-refractivity contribution in [2.75, 3.05) is 12.4 Å². The van der Waals surface area contributed by atoms with Gasteiger partial charge < -0.3 is 15.2 Å². The predicted molar refractivity (Wildman–Crippen MR) is 92.7 cm³/mol. The van der Waals surface area contributed by atoms with Crippen LogP contribution in [0.1, 0.15) is 18.9 Å². The molecule has 1 unspecified atom stereocenters. The van der Waals surface area contributed by atoms with E-state index in [4.69, 9.17) is 27.9 Å². The van der Waals surface area contributed by atoms with E-state index in [1.807, 2.05) is 0 Å². The quantitative estimate of drug-likeness (QED) is 0.782. The first kappa shape index (κ1) is 17.4. The number of aliphatic carboxylic acids is 1. The Kier molecular flexibility index (Phi) is 5.39. The second kappa shape index (κ2) is 7.11. The summed E-state index contributed by atoms with van der Waals surface area (Å²) in [6.45, 7) is 1.80. The average Bonchev–Trinajstić information content (AvgIpc) is 2.55. The fourth-order valence-electron chi connectivity index (χ4n) is 2.48. The maximum Gasteiger partial charge on any atom is 0.334 e. The van der Waals surface area contributed by atoms with Crippen LogP contribution in [0.2, 0.25) is 10.0 Å². The molecule has 0 saturated carbocycles. The third-order valence-corrected chi connectivity index (χ3v) is 4.48. The van der Waals surface area contributed by atoms with Crippen molar-refractivity contribution in [3.63, 3.8) is 0 Å². The van der Waals surface area contributed by atoms with Gasteiger partial charge in [0.1, 0.15) is 5.75 Å². The average molecular weight is 354 g/mol. The first-order valence-electron chi connectivity index (χ1n) is 7.04. The molecular weight excluding hydrogens is 337 g/mol. The molecule has 0 aliphatic carbocycles. The summed E-state index contributed by atoms with van der Waals surface area (Å²) in [7, 11) is 1.51. The molecule has 6 heteroatoms. The molecule has 0 amide bonds. The number of carboxylic acid groups (broad SMARTS) is 1. The number of nitrogens with one attached hydrogen (secondary N) is 1. The minimum atomic E-state index is -1.34. The van der Waals surface area contributed by atoms with Crippen LogP contribution in [0.3, 0.4) is 0 Å². The lowest BCUT2D eigenvalue weighted by molar-refractivity contribution is -0.142. The van der Waals surface area contributed by atoms with Crippen molar-refractivity contribution in [2.24, 2.45) is 0 Å². The van der Waals surface area contributed by atoms with Gasteiger partial charge in [-0.2, -0.15) is 0 Å². The van der Waals surface area contributed by atoms with E-state index < -0.39 is 11.5 Å². The highest BCUT2D eigenvalue weighted by Gasteiger charge is 2.41. The molecule has 0 radical (unpaired) electrons. The van der Waals surface area contributed by atoms with Gasteiger partial charge in [0, 0.05) is 11.3 Å². The predicted octanol–water partition coefficient (Wildman–Crippen LogP) is 4.80. The second-order valence-corrected chi connectivity index (χ2v) is 5.83. The minimum absolute atomic E-state index is 0.308. The third-order valence-electron chi connectivity index (χ3n) is 3.74. The molecule has 1 atom stereocenters. The van der Waals surface area contributed by atoms with Gasteiger partial charge >= 0.3 is 5.97 Å². The van der Waals surface area contributed by atoms with E-state index in [1.165, 1.54) is 7.11 Å². The van der Waals surface area contributed by atoms with Crippen LogP contribution in [0.15, 0.2) is 42.5 Å². The summed E-state index contributed by atoms with van der Waals surface area (Å²) in [6.07, 6.45) is 0.308. The van der Waals surface area contributed by atoms with E-state index in [2.05, 4.69) is 5.32 Å². The molecule has 23 heavy (non-hydrogen) atoms. The van der Waals surface area contributed by atoms with Gasteiger partial charge in [-0.3, -0.25) is 0 Å². The SMILES string of the molecule is CCC(Nc1ccc(Cl)c(Cl)c1)(C(=O)O)c1ccccc1OC. The number of hydrogen-bond donors (Lipinski definition) is 2.